The van der Waals surface area contributed by atoms with E-state index < -0.39 is 6.10 Å². The highest BCUT2D eigenvalue weighted by Gasteiger charge is 2.19. The van der Waals surface area contributed by atoms with Gasteiger partial charge in [0, 0.05) is 19.3 Å². The number of carbonyl (C=O) groups excluding carboxylic acids is 3. The lowest BCUT2D eigenvalue weighted by Crippen LogP contribution is -2.30. The molecule has 1 unspecified atom stereocenters. The molecule has 0 aromatic rings. The molecule has 0 spiro atoms. The monoisotopic (exact) mass is 667 g/mol. The minimum Gasteiger partial charge on any atom is -0.462 e. The molecule has 6 heteroatoms. The van der Waals surface area contributed by atoms with Crippen LogP contribution in [0.3, 0.4) is 0 Å². The summed E-state index contributed by atoms with van der Waals surface area (Å²) in [6.07, 6.45) is 35.6. The number of ether oxygens (including phenoxy) is 3. The second-order valence-corrected chi connectivity index (χ2v) is 13.9. The third-order valence-corrected chi connectivity index (χ3v) is 9.11. The molecule has 0 aliphatic heterocycles. The molecule has 1 atom stereocenters. The summed E-state index contributed by atoms with van der Waals surface area (Å²) in [6.45, 7) is 6.52. The van der Waals surface area contributed by atoms with Gasteiger partial charge in [0.1, 0.15) is 13.2 Å². The van der Waals surface area contributed by atoms with Crippen LogP contribution in [0.2, 0.25) is 0 Å². The van der Waals surface area contributed by atoms with Crippen molar-refractivity contribution >= 4 is 17.9 Å². The molecule has 0 amide bonds. The van der Waals surface area contributed by atoms with E-state index in [-0.39, 0.29) is 31.1 Å². The SMILES string of the molecule is CCCCCCCCCCCCCCCCCCCC(=O)OCC(COC(=O)CCCCCCCC)OC(=O)CCCCCCCC. The highest BCUT2D eigenvalue weighted by molar-refractivity contribution is 5.71. The minimum absolute atomic E-state index is 0.0651. The second-order valence-electron chi connectivity index (χ2n) is 13.9. The first-order valence-electron chi connectivity index (χ1n) is 20.5. The van der Waals surface area contributed by atoms with Crippen LogP contribution in [0.1, 0.15) is 226 Å². The van der Waals surface area contributed by atoms with Crippen molar-refractivity contribution in [3.05, 3.63) is 0 Å². The summed E-state index contributed by atoms with van der Waals surface area (Å²) < 4.78 is 16.5. The van der Waals surface area contributed by atoms with Gasteiger partial charge >= 0.3 is 17.9 Å². The Balaban J connectivity index is 4.09. The first kappa shape index (κ1) is 45.4. The summed E-state index contributed by atoms with van der Waals surface area (Å²) >= 11 is 0. The molecule has 0 bridgehead atoms. The average molecular weight is 667 g/mol. The molecule has 0 aliphatic carbocycles. The minimum atomic E-state index is -0.754. The zero-order chi connectivity index (χ0) is 34.5. The quantitative estimate of drug-likeness (QED) is 0.0373. The van der Waals surface area contributed by atoms with Gasteiger partial charge in [0.05, 0.1) is 0 Å². The lowest BCUT2D eigenvalue weighted by atomic mass is 10.0. The van der Waals surface area contributed by atoms with E-state index in [4.69, 9.17) is 14.2 Å². The van der Waals surface area contributed by atoms with E-state index in [1.165, 1.54) is 128 Å². The second kappa shape index (κ2) is 37.2. The van der Waals surface area contributed by atoms with Crippen molar-refractivity contribution in [1.29, 1.82) is 0 Å². The van der Waals surface area contributed by atoms with E-state index in [1.54, 1.807) is 0 Å². The fourth-order valence-electron chi connectivity index (χ4n) is 5.97. The van der Waals surface area contributed by atoms with Crippen LogP contribution in [-0.4, -0.2) is 37.2 Å². The van der Waals surface area contributed by atoms with Crippen LogP contribution in [0, 0.1) is 0 Å². The summed E-state index contributed by atoms with van der Waals surface area (Å²) in [4.78, 5) is 37.2. The molecule has 278 valence electrons. The van der Waals surface area contributed by atoms with E-state index in [9.17, 15) is 14.4 Å². The molecular weight excluding hydrogens is 588 g/mol. The fourth-order valence-corrected chi connectivity index (χ4v) is 5.97. The van der Waals surface area contributed by atoms with Crippen molar-refractivity contribution in [2.75, 3.05) is 13.2 Å². The Labute approximate surface area is 291 Å². The average Bonchev–Trinajstić information content (AvgIpc) is 3.06. The molecule has 0 fully saturated rings. The number of carbonyl (C=O) groups is 3. The van der Waals surface area contributed by atoms with Crippen LogP contribution >= 0.6 is 0 Å². The van der Waals surface area contributed by atoms with Crippen LogP contribution in [0.15, 0.2) is 0 Å². The standard InChI is InChI=1S/C41H78O6/c1-4-7-10-13-16-17-18-19-20-21-22-23-24-25-26-29-31-34-40(43)46-37-38(47-41(44)35-32-28-15-12-9-6-3)36-45-39(42)33-30-27-14-11-8-5-2/h38H,4-37H2,1-3H3. The van der Waals surface area contributed by atoms with Gasteiger partial charge in [-0.15, -0.1) is 0 Å². The van der Waals surface area contributed by atoms with Crippen LogP contribution in [-0.2, 0) is 28.6 Å². The van der Waals surface area contributed by atoms with E-state index in [2.05, 4.69) is 20.8 Å². The molecule has 0 saturated heterocycles. The van der Waals surface area contributed by atoms with Gasteiger partial charge in [-0.1, -0.05) is 188 Å². The first-order chi connectivity index (χ1) is 23.0. The molecule has 0 aliphatic rings. The van der Waals surface area contributed by atoms with Gasteiger partial charge in [-0.25, -0.2) is 0 Å². The normalized spacial score (nSPS) is 11.8. The summed E-state index contributed by atoms with van der Waals surface area (Å²) in [5.41, 5.74) is 0. The third-order valence-electron chi connectivity index (χ3n) is 9.11. The Morgan fingerprint density at radius 2 is 0.574 bits per heavy atom. The van der Waals surface area contributed by atoms with Gasteiger partial charge in [-0.3, -0.25) is 14.4 Å². The molecule has 0 aromatic heterocycles. The Kier molecular flexibility index (Phi) is 36.0. The van der Waals surface area contributed by atoms with E-state index >= 15 is 0 Å². The number of unbranched alkanes of at least 4 members (excludes halogenated alkanes) is 26. The maximum atomic E-state index is 12.5. The molecule has 0 heterocycles. The Morgan fingerprint density at radius 1 is 0.340 bits per heavy atom. The van der Waals surface area contributed by atoms with Gasteiger partial charge in [-0.2, -0.15) is 0 Å². The van der Waals surface area contributed by atoms with Crippen LogP contribution in [0.5, 0.6) is 0 Å². The maximum absolute atomic E-state index is 12.5. The van der Waals surface area contributed by atoms with Crippen molar-refractivity contribution in [2.24, 2.45) is 0 Å². The summed E-state index contributed by atoms with van der Waals surface area (Å²) in [5, 5.41) is 0. The van der Waals surface area contributed by atoms with E-state index in [1.807, 2.05) is 0 Å². The predicted molar refractivity (Wildman–Crippen MR) is 197 cm³/mol. The maximum Gasteiger partial charge on any atom is 0.306 e. The highest BCUT2D eigenvalue weighted by atomic mass is 16.6. The van der Waals surface area contributed by atoms with Gasteiger partial charge in [0.25, 0.3) is 0 Å². The van der Waals surface area contributed by atoms with Crippen LogP contribution in [0.4, 0.5) is 0 Å². The Bertz CT molecular complexity index is 693. The fraction of sp³-hybridized carbons (Fsp3) is 0.927. The molecule has 0 radical (unpaired) electrons. The molecule has 47 heavy (non-hydrogen) atoms. The molecule has 0 rings (SSSR count). The lowest BCUT2D eigenvalue weighted by molar-refractivity contribution is -0.167. The van der Waals surface area contributed by atoms with Crippen molar-refractivity contribution in [2.45, 2.75) is 232 Å². The Hall–Kier alpha value is -1.59. The molecular formula is C41H78O6. The van der Waals surface area contributed by atoms with Crippen LogP contribution < -0.4 is 0 Å². The topological polar surface area (TPSA) is 78.9 Å². The number of hydrogen-bond acceptors (Lipinski definition) is 6. The van der Waals surface area contributed by atoms with Crippen molar-refractivity contribution < 1.29 is 28.6 Å². The summed E-state index contributed by atoms with van der Waals surface area (Å²) in [5.74, 6) is -0.879. The first-order valence-corrected chi connectivity index (χ1v) is 20.5. The third kappa shape index (κ3) is 35.5. The van der Waals surface area contributed by atoms with E-state index in [0.29, 0.717) is 19.3 Å². The van der Waals surface area contributed by atoms with Gasteiger partial charge in [0.15, 0.2) is 6.10 Å². The van der Waals surface area contributed by atoms with Crippen molar-refractivity contribution in [3.8, 4) is 0 Å². The number of esters is 3. The largest absolute Gasteiger partial charge is 0.462 e. The molecule has 0 N–H and O–H groups in total. The zero-order valence-electron chi connectivity index (χ0n) is 31.6. The predicted octanol–water partition coefficient (Wildman–Crippen LogP) is 12.5. The van der Waals surface area contributed by atoms with Gasteiger partial charge < -0.3 is 14.2 Å². The molecule has 6 nitrogen and oxygen atoms in total. The highest BCUT2D eigenvalue weighted by Crippen LogP contribution is 2.15. The van der Waals surface area contributed by atoms with E-state index in [0.717, 1.165) is 57.8 Å². The Morgan fingerprint density at radius 3 is 0.851 bits per heavy atom. The number of rotatable bonds is 37. The zero-order valence-corrected chi connectivity index (χ0v) is 31.6. The summed E-state index contributed by atoms with van der Waals surface area (Å²) in [7, 11) is 0. The number of hydrogen-bond donors (Lipinski definition) is 0. The van der Waals surface area contributed by atoms with Crippen molar-refractivity contribution in [1.82, 2.24) is 0 Å². The van der Waals surface area contributed by atoms with Gasteiger partial charge in [-0.05, 0) is 19.3 Å². The smallest absolute Gasteiger partial charge is 0.306 e. The van der Waals surface area contributed by atoms with Gasteiger partial charge in [0.2, 0.25) is 0 Å². The molecule has 0 aromatic carbocycles. The van der Waals surface area contributed by atoms with Crippen LogP contribution in [0.25, 0.3) is 0 Å². The lowest BCUT2D eigenvalue weighted by Gasteiger charge is -2.18. The molecule has 0 saturated carbocycles. The van der Waals surface area contributed by atoms with Crippen molar-refractivity contribution in [3.63, 3.8) is 0 Å². The summed E-state index contributed by atoms with van der Waals surface area (Å²) in [6, 6.07) is 0.